The van der Waals surface area contributed by atoms with Gasteiger partial charge in [0.15, 0.2) is 6.10 Å². The number of nitrogens with one attached hydrogen (secondary N) is 1. The summed E-state index contributed by atoms with van der Waals surface area (Å²) in [6, 6.07) is 5.89. The third kappa shape index (κ3) is 5.26. The van der Waals surface area contributed by atoms with Gasteiger partial charge in [-0.25, -0.2) is 8.42 Å². The number of anilines is 1. The van der Waals surface area contributed by atoms with E-state index in [4.69, 9.17) is 9.47 Å². The first-order valence-electron chi connectivity index (χ1n) is 8.53. The molecule has 1 fully saturated rings. The third-order valence-corrected chi connectivity index (χ3v) is 5.77. The van der Waals surface area contributed by atoms with Gasteiger partial charge in [-0.15, -0.1) is 0 Å². The molecule has 26 heavy (non-hydrogen) atoms. The van der Waals surface area contributed by atoms with Crippen molar-refractivity contribution in [2.45, 2.75) is 37.7 Å². The van der Waals surface area contributed by atoms with E-state index >= 15 is 0 Å². The molecule has 1 aliphatic heterocycles. The van der Waals surface area contributed by atoms with E-state index in [-0.39, 0.29) is 11.3 Å². The number of carbonyl (C=O) groups is 2. The molecule has 0 aromatic heterocycles. The van der Waals surface area contributed by atoms with Crippen molar-refractivity contribution in [3.05, 3.63) is 24.3 Å². The first kappa shape index (κ1) is 20.3. The van der Waals surface area contributed by atoms with Crippen LogP contribution in [0.4, 0.5) is 5.69 Å². The molecule has 8 nitrogen and oxygen atoms in total. The summed E-state index contributed by atoms with van der Waals surface area (Å²) in [5.74, 6) is -0.902. The van der Waals surface area contributed by atoms with Crippen molar-refractivity contribution < 1.29 is 27.5 Å². The molecule has 1 aromatic rings. The maximum absolute atomic E-state index is 12.5. The van der Waals surface area contributed by atoms with E-state index in [0.717, 1.165) is 0 Å². The summed E-state index contributed by atoms with van der Waals surface area (Å²) in [4.78, 5) is 23.6. The smallest absolute Gasteiger partial charge is 0.306 e. The Hall–Kier alpha value is -1.97. The minimum atomic E-state index is -3.57. The van der Waals surface area contributed by atoms with Gasteiger partial charge >= 0.3 is 5.97 Å². The molecule has 1 aliphatic rings. The van der Waals surface area contributed by atoms with Crippen LogP contribution in [0.25, 0.3) is 0 Å². The van der Waals surface area contributed by atoms with E-state index in [1.54, 1.807) is 0 Å². The Bertz CT molecular complexity index is 726. The van der Waals surface area contributed by atoms with Gasteiger partial charge in [0.25, 0.3) is 5.91 Å². The summed E-state index contributed by atoms with van der Waals surface area (Å²) < 4.78 is 36.6. The van der Waals surface area contributed by atoms with Gasteiger partial charge in [-0.05, 0) is 37.6 Å². The number of hydrogen-bond acceptors (Lipinski definition) is 6. The lowest BCUT2D eigenvalue weighted by Crippen LogP contribution is -2.40. The molecule has 2 rings (SSSR count). The van der Waals surface area contributed by atoms with Crippen molar-refractivity contribution in [3.8, 4) is 0 Å². The van der Waals surface area contributed by atoms with Crippen LogP contribution in [-0.4, -0.2) is 57.0 Å². The number of amides is 1. The highest BCUT2D eigenvalue weighted by Crippen LogP contribution is 2.19. The van der Waals surface area contributed by atoms with E-state index in [2.05, 4.69) is 5.32 Å². The Balaban J connectivity index is 1.98. The fraction of sp³-hybridized carbons (Fsp3) is 0.529. The van der Waals surface area contributed by atoms with Crippen LogP contribution in [0.2, 0.25) is 0 Å². The summed E-state index contributed by atoms with van der Waals surface area (Å²) in [6.07, 6.45) is -0.0244. The van der Waals surface area contributed by atoms with Crippen molar-refractivity contribution >= 4 is 27.6 Å². The molecule has 1 N–H and O–H groups in total. The lowest BCUT2D eigenvalue weighted by Gasteiger charge is -2.26. The average Bonchev–Trinajstić information content (AvgIpc) is 2.63. The molecule has 1 saturated heterocycles. The molecule has 144 valence electrons. The zero-order valence-electron chi connectivity index (χ0n) is 14.9. The number of carbonyl (C=O) groups excluding carboxylic acids is 2. The molecule has 0 bridgehead atoms. The molecule has 0 spiro atoms. The number of rotatable bonds is 7. The number of nitrogens with zero attached hydrogens (tertiary/aromatic N) is 1. The normalized spacial score (nSPS) is 16.7. The summed E-state index contributed by atoms with van der Waals surface area (Å²) in [5, 5.41) is 2.60. The van der Waals surface area contributed by atoms with E-state index in [1.165, 1.54) is 35.5 Å². The van der Waals surface area contributed by atoms with Gasteiger partial charge in [0.05, 0.1) is 18.1 Å². The summed E-state index contributed by atoms with van der Waals surface area (Å²) >= 11 is 0. The third-order valence-electron chi connectivity index (χ3n) is 3.86. The van der Waals surface area contributed by atoms with E-state index in [1.807, 2.05) is 6.92 Å². The van der Waals surface area contributed by atoms with Crippen LogP contribution < -0.4 is 5.32 Å². The standard InChI is InChI=1S/C17H24N2O6S/c1-3-4-16(20)25-13(2)17(21)18-14-5-7-15(8-6-14)26(22,23)19-9-11-24-12-10-19/h5-8,13H,3-4,9-12H2,1-2H3,(H,18,21)/t13-/m1/s1. The molecule has 1 atom stereocenters. The summed E-state index contributed by atoms with van der Waals surface area (Å²) in [7, 11) is -3.57. The van der Waals surface area contributed by atoms with Crippen LogP contribution >= 0.6 is 0 Å². The Morgan fingerprint density at radius 2 is 1.85 bits per heavy atom. The number of ether oxygens (including phenoxy) is 2. The first-order valence-corrected chi connectivity index (χ1v) is 9.97. The second kappa shape index (κ2) is 9.11. The average molecular weight is 384 g/mol. The minimum Gasteiger partial charge on any atom is -0.453 e. The predicted octanol–water partition coefficient (Wildman–Crippen LogP) is 1.38. The molecule has 1 heterocycles. The van der Waals surface area contributed by atoms with Crippen molar-refractivity contribution in [2.24, 2.45) is 0 Å². The van der Waals surface area contributed by atoms with Gasteiger partial charge in [0.2, 0.25) is 10.0 Å². The van der Waals surface area contributed by atoms with Crippen LogP contribution in [0.3, 0.4) is 0 Å². The molecular weight excluding hydrogens is 360 g/mol. The Morgan fingerprint density at radius 3 is 2.42 bits per heavy atom. The molecule has 0 radical (unpaired) electrons. The lowest BCUT2D eigenvalue weighted by molar-refractivity contribution is -0.153. The van der Waals surface area contributed by atoms with Crippen molar-refractivity contribution in [3.63, 3.8) is 0 Å². The highest BCUT2D eigenvalue weighted by molar-refractivity contribution is 7.89. The Kier molecular flexibility index (Phi) is 7.13. The number of hydrogen-bond donors (Lipinski definition) is 1. The maximum Gasteiger partial charge on any atom is 0.306 e. The van der Waals surface area contributed by atoms with E-state index in [0.29, 0.717) is 38.4 Å². The van der Waals surface area contributed by atoms with Crippen LogP contribution in [0.5, 0.6) is 0 Å². The van der Waals surface area contributed by atoms with Crippen LogP contribution in [0, 0.1) is 0 Å². The van der Waals surface area contributed by atoms with Crippen LogP contribution in [0.1, 0.15) is 26.7 Å². The van der Waals surface area contributed by atoms with Gasteiger partial charge in [-0.1, -0.05) is 6.92 Å². The molecule has 0 unspecified atom stereocenters. The molecule has 1 aromatic carbocycles. The zero-order valence-corrected chi connectivity index (χ0v) is 15.8. The number of benzene rings is 1. The quantitative estimate of drug-likeness (QED) is 0.713. The molecule has 9 heteroatoms. The molecule has 1 amide bonds. The van der Waals surface area contributed by atoms with Crippen LogP contribution in [-0.2, 0) is 29.1 Å². The lowest BCUT2D eigenvalue weighted by atomic mass is 10.3. The first-order chi connectivity index (χ1) is 12.3. The highest BCUT2D eigenvalue weighted by atomic mass is 32.2. The highest BCUT2D eigenvalue weighted by Gasteiger charge is 2.26. The van der Waals surface area contributed by atoms with Gasteiger partial charge in [-0.3, -0.25) is 9.59 Å². The predicted molar refractivity (Wildman–Crippen MR) is 95.1 cm³/mol. The summed E-state index contributed by atoms with van der Waals surface area (Å²) in [6.45, 7) is 4.73. The van der Waals surface area contributed by atoms with E-state index in [9.17, 15) is 18.0 Å². The zero-order chi connectivity index (χ0) is 19.2. The number of esters is 1. The molecule has 0 saturated carbocycles. The van der Waals surface area contributed by atoms with Gasteiger partial charge in [0, 0.05) is 25.2 Å². The van der Waals surface area contributed by atoms with Gasteiger partial charge in [0.1, 0.15) is 0 Å². The fourth-order valence-corrected chi connectivity index (χ4v) is 3.81. The van der Waals surface area contributed by atoms with E-state index < -0.39 is 28.0 Å². The summed E-state index contributed by atoms with van der Waals surface area (Å²) in [5.41, 5.74) is 0.425. The number of sulfonamides is 1. The SMILES string of the molecule is CCCC(=O)O[C@H](C)C(=O)Nc1ccc(S(=O)(=O)N2CCOCC2)cc1. The molecular formula is C17H24N2O6S. The second-order valence-corrected chi connectivity index (χ2v) is 7.85. The topological polar surface area (TPSA) is 102 Å². The Labute approximate surface area is 153 Å². The van der Waals surface area contributed by atoms with Gasteiger partial charge < -0.3 is 14.8 Å². The Morgan fingerprint density at radius 1 is 1.23 bits per heavy atom. The second-order valence-electron chi connectivity index (χ2n) is 5.91. The monoisotopic (exact) mass is 384 g/mol. The fourth-order valence-electron chi connectivity index (χ4n) is 2.40. The van der Waals surface area contributed by atoms with Crippen molar-refractivity contribution in [1.82, 2.24) is 4.31 Å². The minimum absolute atomic E-state index is 0.153. The van der Waals surface area contributed by atoms with Crippen LogP contribution in [0.15, 0.2) is 29.2 Å². The van der Waals surface area contributed by atoms with Gasteiger partial charge in [-0.2, -0.15) is 4.31 Å². The largest absolute Gasteiger partial charge is 0.453 e. The van der Waals surface area contributed by atoms with Crippen molar-refractivity contribution in [2.75, 3.05) is 31.6 Å². The van der Waals surface area contributed by atoms with Crippen molar-refractivity contribution in [1.29, 1.82) is 0 Å². The molecule has 0 aliphatic carbocycles. The maximum atomic E-state index is 12.5. The number of morpholine rings is 1.